The monoisotopic (exact) mass is 295 g/mol. The van der Waals surface area contributed by atoms with Crippen LogP contribution in [0, 0.1) is 6.92 Å². The molecule has 1 fully saturated rings. The zero-order valence-corrected chi connectivity index (χ0v) is 13.2. The van der Waals surface area contributed by atoms with Crippen molar-refractivity contribution >= 4 is 22.8 Å². The van der Waals surface area contributed by atoms with Gasteiger partial charge < -0.3 is 4.57 Å². The van der Waals surface area contributed by atoms with Crippen LogP contribution >= 0.6 is 11.6 Å². The van der Waals surface area contributed by atoms with Gasteiger partial charge in [-0.05, 0) is 26.3 Å². The van der Waals surface area contributed by atoms with Crippen LogP contribution in [0.15, 0.2) is 0 Å². The molecule has 1 saturated carbocycles. The van der Waals surface area contributed by atoms with Crippen LogP contribution < -0.4 is 0 Å². The number of hydrogen-bond donors (Lipinski definition) is 0. The second kappa shape index (κ2) is 5.37. The molecule has 0 aliphatic heterocycles. The second-order valence-corrected chi connectivity index (χ2v) is 5.82. The number of nitrogens with zero attached hydrogens (tertiary/aromatic N) is 5. The molecule has 0 bridgehead atoms. The molecular formula is C14H22ClN5. The zero-order chi connectivity index (χ0) is 14.3. The van der Waals surface area contributed by atoms with E-state index in [1.165, 1.54) is 12.8 Å². The molecule has 0 spiro atoms. The molecule has 2 aromatic heterocycles. The van der Waals surface area contributed by atoms with E-state index < -0.39 is 0 Å². The van der Waals surface area contributed by atoms with Gasteiger partial charge in [0.1, 0.15) is 11.3 Å². The zero-order valence-electron chi connectivity index (χ0n) is 12.4. The first kappa shape index (κ1) is 13.9. The highest BCUT2D eigenvalue weighted by atomic mass is 35.5. The third kappa shape index (κ3) is 2.33. The minimum Gasteiger partial charge on any atom is -0.311 e. The summed E-state index contributed by atoms with van der Waals surface area (Å²) in [6.45, 7) is 7.34. The van der Waals surface area contributed by atoms with E-state index in [4.69, 9.17) is 11.6 Å². The molecule has 0 aromatic carbocycles. The molecule has 20 heavy (non-hydrogen) atoms. The lowest BCUT2D eigenvalue weighted by molar-refractivity contribution is 0.266. The topological polar surface area (TPSA) is 38.9 Å². The quantitative estimate of drug-likeness (QED) is 0.768. The summed E-state index contributed by atoms with van der Waals surface area (Å²) in [5.41, 5.74) is 3.05. The van der Waals surface area contributed by atoms with Crippen LogP contribution in [0.3, 0.4) is 0 Å². The molecule has 6 heteroatoms. The SMILES string of the molecule is CCN(CCn1c(CCl)nc2c(C)nn(C)c21)C1CC1. The van der Waals surface area contributed by atoms with Crippen molar-refractivity contribution in [3.05, 3.63) is 11.5 Å². The van der Waals surface area contributed by atoms with E-state index in [0.29, 0.717) is 5.88 Å². The smallest absolute Gasteiger partial charge is 0.158 e. The Hall–Kier alpha value is -1.07. The van der Waals surface area contributed by atoms with E-state index in [0.717, 1.165) is 48.4 Å². The average molecular weight is 296 g/mol. The summed E-state index contributed by atoms with van der Waals surface area (Å²) < 4.78 is 4.15. The van der Waals surface area contributed by atoms with Gasteiger partial charge in [0.25, 0.3) is 0 Å². The highest BCUT2D eigenvalue weighted by molar-refractivity contribution is 6.16. The number of likely N-dealkylation sites (N-methyl/N-ethyl adjacent to an activating group) is 1. The van der Waals surface area contributed by atoms with Crippen molar-refractivity contribution in [3.8, 4) is 0 Å². The van der Waals surface area contributed by atoms with Crippen molar-refractivity contribution in [2.45, 2.75) is 45.2 Å². The molecule has 110 valence electrons. The first-order valence-corrected chi connectivity index (χ1v) is 7.87. The maximum Gasteiger partial charge on any atom is 0.158 e. The van der Waals surface area contributed by atoms with Crippen molar-refractivity contribution in [1.82, 2.24) is 24.2 Å². The Morgan fingerprint density at radius 1 is 1.40 bits per heavy atom. The van der Waals surface area contributed by atoms with Crippen LogP contribution in [0.2, 0.25) is 0 Å². The minimum atomic E-state index is 0.448. The molecule has 0 N–H and O–H groups in total. The van der Waals surface area contributed by atoms with Gasteiger partial charge in [0.2, 0.25) is 0 Å². The predicted molar refractivity (Wildman–Crippen MR) is 81.1 cm³/mol. The largest absolute Gasteiger partial charge is 0.311 e. The Balaban J connectivity index is 1.88. The average Bonchev–Trinajstić information content (AvgIpc) is 3.13. The number of halogens is 1. The molecule has 3 rings (SSSR count). The number of rotatable bonds is 6. The first-order chi connectivity index (χ1) is 9.65. The third-order valence-electron chi connectivity index (χ3n) is 4.17. The van der Waals surface area contributed by atoms with Gasteiger partial charge in [0.15, 0.2) is 5.65 Å². The van der Waals surface area contributed by atoms with Gasteiger partial charge >= 0.3 is 0 Å². The molecule has 1 aliphatic carbocycles. The molecule has 2 heterocycles. The molecule has 5 nitrogen and oxygen atoms in total. The van der Waals surface area contributed by atoms with Gasteiger partial charge in [0.05, 0.1) is 11.6 Å². The number of aromatic nitrogens is 4. The van der Waals surface area contributed by atoms with Crippen molar-refractivity contribution in [2.24, 2.45) is 7.05 Å². The number of aryl methyl sites for hydroxylation is 2. The van der Waals surface area contributed by atoms with E-state index in [9.17, 15) is 0 Å². The van der Waals surface area contributed by atoms with Gasteiger partial charge in [-0.2, -0.15) is 5.10 Å². The Morgan fingerprint density at radius 2 is 2.15 bits per heavy atom. The van der Waals surface area contributed by atoms with E-state index in [2.05, 4.69) is 26.5 Å². The Labute approximate surface area is 124 Å². The Morgan fingerprint density at radius 3 is 2.75 bits per heavy atom. The number of hydrogen-bond acceptors (Lipinski definition) is 3. The van der Waals surface area contributed by atoms with Gasteiger partial charge in [-0.25, -0.2) is 4.98 Å². The van der Waals surface area contributed by atoms with Crippen molar-refractivity contribution in [1.29, 1.82) is 0 Å². The predicted octanol–water partition coefficient (Wildman–Crippen LogP) is 2.30. The van der Waals surface area contributed by atoms with E-state index in [1.54, 1.807) is 0 Å². The normalized spacial score (nSPS) is 15.7. The summed E-state index contributed by atoms with van der Waals surface area (Å²) >= 11 is 6.06. The number of imidazole rings is 1. The van der Waals surface area contributed by atoms with Crippen LogP contribution in [0.5, 0.6) is 0 Å². The standard InChI is InChI=1S/C14H22ClN5/c1-4-19(11-5-6-11)7-8-20-12(9-15)16-13-10(2)17-18(3)14(13)20/h11H,4-9H2,1-3H3. The Bertz CT molecular complexity index is 611. The summed E-state index contributed by atoms with van der Waals surface area (Å²) in [6.07, 6.45) is 2.70. The van der Waals surface area contributed by atoms with Crippen LogP contribution in [0.4, 0.5) is 0 Å². The fraction of sp³-hybridized carbons (Fsp3) is 0.714. The van der Waals surface area contributed by atoms with Crippen LogP contribution in [0.1, 0.15) is 31.3 Å². The lowest BCUT2D eigenvalue weighted by Crippen LogP contribution is -2.30. The summed E-state index contributed by atoms with van der Waals surface area (Å²) in [5, 5.41) is 4.46. The van der Waals surface area contributed by atoms with Crippen molar-refractivity contribution in [2.75, 3.05) is 13.1 Å². The summed E-state index contributed by atoms with van der Waals surface area (Å²) in [5.74, 6) is 1.40. The van der Waals surface area contributed by atoms with Gasteiger partial charge in [0, 0.05) is 26.2 Å². The minimum absolute atomic E-state index is 0.448. The molecular weight excluding hydrogens is 274 g/mol. The Kier molecular flexibility index (Phi) is 3.73. The lowest BCUT2D eigenvalue weighted by atomic mass is 10.4. The lowest BCUT2D eigenvalue weighted by Gasteiger charge is -2.20. The van der Waals surface area contributed by atoms with E-state index >= 15 is 0 Å². The van der Waals surface area contributed by atoms with Crippen molar-refractivity contribution < 1.29 is 0 Å². The van der Waals surface area contributed by atoms with E-state index in [-0.39, 0.29) is 0 Å². The van der Waals surface area contributed by atoms with Gasteiger partial charge in [-0.15, -0.1) is 11.6 Å². The molecule has 0 saturated heterocycles. The van der Waals surface area contributed by atoms with E-state index in [1.807, 2.05) is 18.7 Å². The molecule has 1 aliphatic rings. The van der Waals surface area contributed by atoms with Crippen LogP contribution in [0.25, 0.3) is 11.2 Å². The fourth-order valence-corrected chi connectivity index (χ4v) is 3.19. The first-order valence-electron chi connectivity index (χ1n) is 7.34. The molecule has 0 unspecified atom stereocenters. The third-order valence-corrected chi connectivity index (χ3v) is 4.41. The summed E-state index contributed by atoms with van der Waals surface area (Å²) in [4.78, 5) is 7.19. The van der Waals surface area contributed by atoms with Crippen LogP contribution in [-0.4, -0.2) is 43.4 Å². The summed E-state index contributed by atoms with van der Waals surface area (Å²) in [6, 6.07) is 0.798. The van der Waals surface area contributed by atoms with Gasteiger partial charge in [-0.3, -0.25) is 9.58 Å². The molecule has 0 radical (unpaired) electrons. The van der Waals surface area contributed by atoms with Crippen molar-refractivity contribution in [3.63, 3.8) is 0 Å². The highest BCUT2D eigenvalue weighted by Gasteiger charge is 2.27. The number of fused-ring (bicyclic) bond motifs is 1. The summed E-state index contributed by atoms with van der Waals surface area (Å²) in [7, 11) is 1.98. The number of alkyl halides is 1. The van der Waals surface area contributed by atoms with Crippen LogP contribution in [-0.2, 0) is 19.5 Å². The maximum absolute atomic E-state index is 6.06. The second-order valence-electron chi connectivity index (χ2n) is 5.55. The molecule has 2 aromatic rings. The molecule has 0 atom stereocenters. The highest BCUT2D eigenvalue weighted by Crippen LogP contribution is 2.27. The molecule has 0 amide bonds. The maximum atomic E-state index is 6.06. The fourth-order valence-electron chi connectivity index (χ4n) is 2.98. The van der Waals surface area contributed by atoms with Gasteiger partial charge in [-0.1, -0.05) is 6.92 Å².